The zero-order valence-electron chi connectivity index (χ0n) is 16.4. The number of ether oxygens (including phenoxy) is 1. The van der Waals surface area contributed by atoms with Crippen molar-refractivity contribution in [2.24, 2.45) is 0 Å². The van der Waals surface area contributed by atoms with Gasteiger partial charge in [0.1, 0.15) is 6.10 Å². The molecule has 0 radical (unpaired) electrons. The first-order valence-electron chi connectivity index (χ1n) is 9.88. The van der Waals surface area contributed by atoms with E-state index >= 15 is 0 Å². The lowest BCUT2D eigenvalue weighted by molar-refractivity contribution is -0.139. The van der Waals surface area contributed by atoms with Crippen molar-refractivity contribution in [2.45, 2.75) is 32.3 Å². The molecule has 0 aliphatic carbocycles. The van der Waals surface area contributed by atoms with Gasteiger partial charge in [0, 0.05) is 19.5 Å². The normalized spacial score (nSPS) is 16.6. The molecule has 0 aromatic heterocycles. The Morgan fingerprint density at radius 2 is 1.96 bits per heavy atom. The van der Waals surface area contributed by atoms with Gasteiger partial charge >= 0.3 is 0 Å². The van der Waals surface area contributed by atoms with E-state index in [1.54, 1.807) is 0 Å². The maximum atomic E-state index is 12.5. The molecule has 1 saturated heterocycles. The Morgan fingerprint density at radius 3 is 2.75 bits per heavy atom. The molecule has 1 unspecified atom stereocenters. The van der Waals surface area contributed by atoms with E-state index in [1.165, 1.54) is 0 Å². The average molecular weight is 380 g/mol. The molecule has 0 spiro atoms. The van der Waals surface area contributed by atoms with Gasteiger partial charge in [-0.3, -0.25) is 9.59 Å². The lowest BCUT2D eigenvalue weighted by Gasteiger charge is -2.33. The highest BCUT2D eigenvalue weighted by atomic mass is 16.5. The van der Waals surface area contributed by atoms with Crippen LogP contribution in [0.25, 0.3) is 0 Å². The van der Waals surface area contributed by atoms with Crippen molar-refractivity contribution in [1.29, 1.82) is 0 Å². The topological polar surface area (TPSA) is 58.6 Å². The number of aryl methyl sites for hydroxylation is 1. The molecule has 5 nitrogen and oxygen atoms in total. The maximum Gasteiger partial charge on any atom is 0.224 e. The van der Waals surface area contributed by atoms with E-state index in [0.717, 1.165) is 16.7 Å². The fraction of sp³-hybridized carbons (Fsp3) is 0.391. The Hall–Kier alpha value is -2.66. The minimum Gasteiger partial charge on any atom is -0.370 e. The summed E-state index contributed by atoms with van der Waals surface area (Å²) < 4.78 is 5.82. The molecular weight excluding hydrogens is 352 g/mol. The smallest absolute Gasteiger partial charge is 0.224 e. The Balaban J connectivity index is 1.37. The molecule has 1 N–H and O–H groups in total. The number of benzene rings is 2. The van der Waals surface area contributed by atoms with Crippen LogP contribution in [0.4, 0.5) is 0 Å². The molecule has 1 atom stereocenters. The molecule has 0 bridgehead atoms. The third kappa shape index (κ3) is 5.92. The molecule has 1 aliphatic heterocycles. The Morgan fingerprint density at radius 1 is 1.14 bits per heavy atom. The predicted octanol–water partition coefficient (Wildman–Crippen LogP) is 3.03. The number of morpholine rings is 1. The van der Waals surface area contributed by atoms with Crippen LogP contribution in [0.1, 0.15) is 35.6 Å². The average Bonchev–Trinajstić information content (AvgIpc) is 2.72. The summed E-state index contributed by atoms with van der Waals surface area (Å²) in [5, 5.41) is 2.91. The van der Waals surface area contributed by atoms with E-state index in [4.69, 9.17) is 4.74 Å². The van der Waals surface area contributed by atoms with E-state index in [9.17, 15) is 9.59 Å². The highest BCUT2D eigenvalue weighted by Crippen LogP contribution is 2.22. The summed E-state index contributed by atoms with van der Waals surface area (Å²) >= 11 is 0. The fourth-order valence-electron chi connectivity index (χ4n) is 3.44. The van der Waals surface area contributed by atoms with Crippen molar-refractivity contribution in [3.63, 3.8) is 0 Å². The second-order valence-electron chi connectivity index (χ2n) is 7.23. The number of hydrogen-bond acceptors (Lipinski definition) is 3. The number of carbonyl (C=O) groups excluding carboxylic acids is 2. The van der Waals surface area contributed by atoms with Crippen LogP contribution in [0.3, 0.4) is 0 Å². The standard InChI is InChI=1S/C23H28N2O3/c1-18-7-5-8-19(15-18)16-22(26)24-12-6-11-23(27)25-13-14-28-21(17-25)20-9-3-2-4-10-20/h2-5,7-10,15,21H,6,11-14,16-17H2,1H3,(H,24,26). The molecule has 2 aromatic rings. The molecule has 28 heavy (non-hydrogen) atoms. The monoisotopic (exact) mass is 380 g/mol. The van der Waals surface area contributed by atoms with Gasteiger partial charge in [0.2, 0.25) is 11.8 Å². The van der Waals surface area contributed by atoms with Crippen LogP contribution in [-0.4, -0.2) is 43.0 Å². The van der Waals surface area contributed by atoms with Gasteiger partial charge in [-0.15, -0.1) is 0 Å². The van der Waals surface area contributed by atoms with Gasteiger partial charge in [0.25, 0.3) is 0 Å². The summed E-state index contributed by atoms with van der Waals surface area (Å²) in [5.41, 5.74) is 3.26. The minimum absolute atomic E-state index is 0.00596. The molecule has 3 rings (SSSR count). The second-order valence-corrected chi connectivity index (χ2v) is 7.23. The van der Waals surface area contributed by atoms with Gasteiger partial charge < -0.3 is 15.0 Å². The van der Waals surface area contributed by atoms with Gasteiger partial charge in [0.15, 0.2) is 0 Å². The van der Waals surface area contributed by atoms with Crippen LogP contribution in [0.2, 0.25) is 0 Å². The molecule has 1 aliphatic rings. The lowest BCUT2D eigenvalue weighted by atomic mass is 10.1. The SMILES string of the molecule is Cc1cccc(CC(=O)NCCCC(=O)N2CCOC(c3ccccc3)C2)c1. The molecule has 148 valence electrons. The molecule has 2 amide bonds. The lowest BCUT2D eigenvalue weighted by Crippen LogP contribution is -2.42. The molecule has 1 heterocycles. The van der Waals surface area contributed by atoms with Gasteiger partial charge in [-0.1, -0.05) is 60.2 Å². The quantitative estimate of drug-likeness (QED) is 0.751. The van der Waals surface area contributed by atoms with Gasteiger partial charge in [-0.2, -0.15) is 0 Å². The van der Waals surface area contributed by atoms with Crippen molar-refractivity contribution in [2.75, 3.05) is 26.2 Å². The van der Waals surface area contributed by atoms with Crippen LogP contribution in [0.5, 0.6) is 0 Å². The van der Waals surface area contributed by atoms with Crippen LogP contribution in [0.15, 0.2) is 54.6 Å². The van der Waals surface area contributed by atoms with Gasteiger partial charge in [0.05, 0.1) is 19.6 Å². The maximum absolute atomic E-state index is 12.5. The summed E-state index contributed by atoms with van der Waals surface area (Å²) in [5.74, 6) is 0.116. The number of carbonyl (C=O) groups is 2. The summed E-state index contributed by atoms with van der Waals surface area (Å²) in [6.07, 6.45) is 1.39. The third-order valence-electron chi connectivity index (χ3n) is 4.93. The number of nitrogens with one attached hydrogen (secondary N) is 1. The molecule has 5 heteroatoms. The summed E-state index contributed by atoms with van der Waals surface area (Å²) in [7, 11) is 0. The number of hydrogen-bond donors (Lipinski definition) is 1. The van der Waals surface area contributed by atoms with E-state index < -0.39 is 0 Å². The highest BCUT2D eigenvalue weighted by Gasteiger charge is 2.24. The van der Waals surface area contributed by atoms with Crippen LogP contribution in [0, 0.1) is 6.92 Å². The van der Waals surface area contributed by atoms with E-state index in [0.29, 0.717) is 45.5 Å². The number of rotatable bonds is 7. The van der Waals surface area contributed by atoms with Crippen molar-refractivity contribution in [1.82, 2.24) is 10.2 Å². The molecular formula is C23H28N2O3. The fourth-order valence-corrected chi connectivity index (χ4v) is 3.44. The number of nitrogens with zero attached hydrogens (tertiary/aromatic N) is 1. The predicted molar refractivity (Wildman–Crippen MR) is 109 cm³/mol. The van der Waals surface area contributed by atoms with E-state index in [2.05, 4.69) is 5.32 Å². The zero-order chi connectivity index (χ0) is 19.8. The van der Waals surface area contributed by atoms with Gasteiger partial charge in [-0.25, -0.2) is 0 Å². The molecule has 1 fully saturated rings. The molecule has 2 aromatic carbocycles. The molecule has 0 saturated carbocycles. The van der Waals surface area contributed by atoms with E-state index in [-0.39, 0.29) is 17.9 Å². The zero-order valence-corrected chi connectivity index (χ0v) is 16.4. The Labute approximate surface area is 166 Å². The van der Waals surface area contributed by atoms with Crippen molar-refractivity contribution in [3.8, 4) is 0 Å². The first-order chi connectivity index (χ1) is 13.6. The summed E-state index contributed by atoms with van der Waals surface area (Å²) in [4.78, 5) is 26.4. The van der Waals surface area contributed by atoms with E-state index in [1.807, 2.05) is 66.4 Å². The first kappa shape index (κ1) is 20.1. The Kier molecular flexibility index (Phi) is 7.20. The number of amides is 2. The first-order valence-corrected chi connectivity index (χ1v) is 9.88. The van der Waals surface area contributed by atoms with Crippen molar-refractivity contribution in [3.05, 3.63) is 71.3 Å². The largest absolute Gasteiger partial charge is 0.370 e. The van der Waals surface area contributed by atoms with Gasteiger partial charge in [-0.05, 0) is 24.5 Å². The van der Waals surface area contributed by atoms with Crippen molar-refractivity contribution < 1.29 is 14.3 Å². The Bertz CT molecular complexity index is 791. The summed E-state index contributed by atoms with van der Waals surface area (Å²) in [6.45, 7) is 4.30. The van der Waals surface area contributed by atoms with Crippen molar-refractivity contribution >= 4 is 11.8 Å². The second kappa shape index (κ2) is 10.0. The van der Waals surface area contributed by atoms with Crippen LogP contribution >= 0.6 is 0 Å². The third-order valence-corrected chi connectivity index (χ3v) is 4.93. The summed E-state index contributed by atoms with van der Waals surface area (Å²) in [6, 6.07) is 18.0. The highest BCUT2D eigenvalue weighted by molar-refractivity contribution is 5.79. The van der Waals surface area contributed by atoms with Crippen LogP contribution < -0.4 is 5.32 Å². The minimum atomic E-state index is -0.0621. The van der Waals surface area contributed by atoms with Crippen LogP contribution in [-0.2, 0) is 20.7 Å².